The Kier molecular flexibility index (Phi) is 3.47. The second-order valence-electron chi connectivity index (χ2n) is 3.00. The monoisotopic (exact) mass is 185 g/mol. The molecule has 0 aliphatic rings. The molecule has 0 amide bonds. The highest BCUT2D eigenvalue weighted by Gasteiger charge is 2.04. The Morgan fingerprint density at radius 3 is 2.67 bits per heavy atom. The van der Waals surface area contributed by atoms with Crippen molar-refractivity contribution >= 4 is 12.2 Å². The summed E-state index contributed by atoms with van der Waals surface area (Å²) in [4.78, 5) is 0. The van der Waals surface area contributed by atoms with Crippen LogP contribution in [-0.2, 0) is 6.54 Å². The molecule has 1 rings (SSSR count). The van der Waals surface area contributed by atoms with Gasteiger partial charge in [0, 0.05) is 6.54 Å². The minimum absolute atomic E-state index is 0.717. The normalized spacial score (nSPS) is 10.9. The van der Waals surface area contributed by atoms with Crippen LogP contribution in [0.5, 0.6) is 0 Å². The maximum Gasteiger partial charge on any atom is 0.194 e. The fourth-order valence-electron chi connectivity index (χ4n) is 1.23. The van der Waals surface area contributed by atoms with Crippen molar-refractivity contribution in [1.29, 1.82) is 0 Å². The molecule has 0 aromatic carbocycles. The van der Waals surface area contributed by atoms with Crippen LogP contribution in [0.3, 0.4) is 0 Å². The quantitative estimate of drug-likeness (QED) is 0.731. The molecule has 0 radical (unpaired) electrons. The highest BCUT2D eigenvalue weighted by atomic mass is 32.1. The number of hydrogen-bond acceptors (Lipinski definition) is 2. The molecular formula is C8H15N3S. The maximum absolute atomic E-state index is 5.04. The second kappa shape index (κ2) is 4.40. The number of nitrogens with one attached hydrogen (secondary N) is 1. The van der Waals surface area contributed by atoms with Crippen molar-refractivity contribution in [2.45, 2.75) is 33.2 Å². The lowest BCUT2D eigenvalue weighted by Crippen LogP contribution is -2.08. The molecule has 3 nitrogen and oxygen atoms in total. The molecule has 1 aromatic rings. The summed E-state index contributed by atoms with van der Waals surface area (Å²) in [5, 5.41) is 6.63. The van der Waals surface area contributed by atoms with Gasteiger partial charge in [-0.2, -0.15) is 5.10 Å². The first-order valence-corrected chi connectivity index (χ1v) is 4.78. The number of H-pyrrole nitrogens is 1. The van der Waals surface area contributed by atoms with E-state index in [-0.39, 0.29) is 0 Å². The van der Waals surface area contributed by atoms with E-state index in [1.54, 1.807) is 6.33 Å². The smallest absolute Gasteiger partial charge is 0.194 e. The summed E-state index contributed by atoms with van der Waals surface area (Å²) in [6, 6.07) is 0. The van der Waals surface area contributed by atoms with Gasteiger partial charge in [-0.25, -0.2) is 0 Å². The zero-order valence-corrected chi connectivity index (χ0v) is 8.40. The predicted octanol–water partition coefficient (Wildman–Crippen LogP) is 2.38. The molecule has 0 fully saturated rings. The van der Waals surface area contributed by atoms with Crippen molar-refractivity contribution in [1.82, 2.24) is 14.8 Å². The molecule has 0 saturated heterocycles. The van der Waals surface area contributed by atoms with E-state index in [1.165, 1.54) is 12.8 Å². The molecule has 0 spiro atoms. The van der Waals surface area contributed by atoms with Crippen molar-refractivity contribution in [3.8, 4) is 0 Å². The summed E-state index contributed by atoms with van der Waals surface area (Å²) < 4.78 is 2.72. The Labute approximate surface area is 77.8 Å². The summed E-state index contributed by atoms with van der Waals surface area (Å²) in [5.41, 5.74) is 0. The Bertz CT molecular complexity index is 272. The van der Waals surface area contributed by atoms with Gasteiger partial charge >= 0.3 is 0 Å². The molecule has 1 heterocycles. The topological polar surface area (TPSA) is 33.6 Å². The average molecular weight is 185 g/mol. The van der Waals surface area contributed by atoms with Crippen molar-refractivity contribution in [3.05, 3.63) is 11.1 Å². The average Bonchev–Trinajstić information content (AvgIpc) is 2.47. The minimum Gasteiger partial charge on any atom is -0.306 e. The fraction of sp³-hybridized carbons (Fsp3) is 0.750. The lowest BCUT2D eigenvalue weighted by Gasteiger charge is -2.11. The van der Waals surface area contributed by atoms with Crippen molar-refractivity contribution in [2.24, 2.45) is 5.92 Å². The van der Waals surface area contributed by atoms with E-state index in [2.05, 4.69) is 24.0 Å². The third-order valence-corrected chi connectivity index (χ3v) is 2.55. The highest BCUT2D eigenvalue weighted by Crippen LogP contribution is 2.10. The zero-order valence-electron chi connectivity index (χ0n) is 7.58. The van der Waals surface area contributed by atoms with E-state index >= 15 is 0 Å². The second-order valence-corrected chi connectivity index (χ2v) is 3.38. The first kappa shape index (κ1) is 9.45. The van der Waals surface area contributed by atoms with Gasteiger partial charge in [0.2, 0.25) is 0 Å². The highest BCUT2D eigenvalue weighted by molar-refractivity contribution is 7.71. The lowest BCUT2D eigenvalue weighted by atomic mass is 10.0. The first-order chi connectivity index (χ1) is 5.77. The molecular weight excluding hydrogens is 170 g/mol. The summed E-state index contributed by atoms with van der Waals surface area (Å²) in [5.74, 6) is 0.717. The minimum atomic E-state index is 0.717. The summed E-state index contributed by atoms with van der Waals surface area (Å²) in [6.07, 6.45) is 4.16. The van der Waals surface area contributed by atoms with E-state index in [4.69, 9.17) is 12.2 Å². The first-order valence-electron chi connectivity index (χ1n) is 4.37. The third-order valence-electron chi connectivity index (χ3n) is 2.23. The van der Waals surface area contributed by atoms with Crippen LogP contribution in [0.2, 0.25) is 0 Å². The van der Waals surface area contributed by atoms with Crippen LogP contribution in [0, 0.1) is 10.7 Å². The number of aromatic amines is 1. The van der Waals surface area contributed by atoms with Crippen molar-refractivity contribution in [2.75, 3.05) is 0 Å². The SMILES string of the molecule is CCC(CC)Cn1cn[nH]c1=S. The van der Waals surface area contributed by atoms with Crippen LogP contribution in [0.25, 0.3) is 0 Å². The van der Waals surface area contributed by atoms with Gasteiger partial charge in [-0.15, -0.1) is 0 Å². The molecule has 68 valence electrons. The van der Waals surface area contributed by atoms with E-state index in [9.17, 15) is 0 Å². The summed E-state index contributed by atoms with van der Waals surface area (Å²) in [6.45, 7) is 5.40. The van der Waals surface area contributed by atoms with Gasteiger partial charge in [0.25, 0.3) is 0 Å². The zero-order chi connectivity index (χ0) is 8.97. The fourth-order valence-corrected chi connectivity index (χ4v) is 1.40. The van der Waals surface area contributed by atoms with Gasteiger partial charge in [-0.3, -0.25) is 5.10 Å². The van der Waals surface area contributed by atoms with Crippen LogP contribution in [0.15, 0.2) is 6.33 Å². The van der Waals surface area contributed by atoms with Gasteiger partial charge in [-0.1, -0.05) is 26.7 Å². The number of nitrogens with zero attached hydrogens (tertiary/aromatic N) is 2. The Balaban J connectivity index is 2.62. The standard InChI is InChI=1S/C8H15N3S/c1-3-7(4-2)5-11-6-9-10-8(11)12/h6-7H,3-5H2,1-2H3,(H,10,12). The van der Waals surface area contributed by atoms with Crippen molar-refractivity contribution < 1.29 is 0 Å². The van der Waals surface area contributed by atoms with Gasteiger partial charge in [-0.05, 0) is 18.1 Å². The van der Waals surface area contributed by atoms with E-state index in [1.807, 2.05) is 4.57 Å². The molecule has 1 N–H and O–H groups in total. The molecule has 0 atom stereocenters. The maximum atomic E-state index is 5.04. The Morgan fingerprint density at radius 2 is 2.25 bits per heavy atom. The molecule has 1 aromatic heterocycles. The molecule has 0 aliphatic carbocycles. The summed E-state index contributed by atoms with van der Waals surface area (Å²) >= 11 is 5.04. The molecule has 4 heteroatoms. The van der Waals surface area contributed by atoms with Crippen LogP contribution < -0.4 is 0 Å². The van der Waals surface area contributed by atoms with Crippen molar-refractivity contribution in [3.63, 3.8) is 0 Å². The van der Waals surface area contributed by atoms with E-state index < -0.39 is 0 Å². The molecule has 0 bridgehead atoms. The largest absolute Gasteiger partial charge is 0.306 e. The van der Waals surface area contributed by atoms with Crippen LogP contribution in [0.4, 0.5) is 0 Å². The molecule has 0 saturated carbocycles. The van der Waals surface area contributed by atoms with Gasteiger partial charge in [0.15, 0.2) is 4.77 Å². The third kappa shape index (κ3) is 2.17. The Hall–Kier alpha value is -0.640. The van der Waals surface area contributed by atoms with Crippen LogP contribution in [0.1, 0.15) is 26.7 Å². The molecule has 12 heavy (non-hydrogen) atoms. The van der Waals surface area contributed by atoms with Crippen LogP contribution in [-0.4, -0.2) is 14.8 Å². The molecule has 0 unspecified atom stereocenters. The van der Waals surface area contributed by atoms with E-state index in [0.29, 0.717) is 5.92 Å². The Morgan fingerprint density at radius 1 is 1.58 bits per heavy atom. The number of hydrogen-bond donors (Lipinski definition) is 1. The van der Waals surface area contributed by atoms with Gasteiger partial charge < -0.3 is 4.57 Å². The number of rotatable bonds is 4. The van der Waals surface area contributed by atoms with Crippen LogP contribution >= 0.6 is 12.2 Å². The van der Waals surface area contributed by atoms with E-state index in [0.717, 1.165) is 11.3 Å². The predicted molar refractivity (Wildman–Crippen MR) is 51.5 cm³/mol. The number of aromatic nitrogens is 3. The van der Waals surface area contributed by atoms with Gasteiger partial charge in [0.1, 0.15) is 6.33 Å². The lowest BCUT2D eigenvalue weighted by molar-refractivity contribution is 0.415. The summed E-state index contributed by atoms with van der Waals surface area (Å²) in [7, 11) is 0. The molecule has 0 aliphatic heterocycles. The van der Waals surface area contributed by atoms with Gasteiger partial charge in [0.05, 0.1) is 0 Å².